The lowest BCUT2D eigenvalue weighted by Gasteiger charge is -2.35. The first kappa shape index (κ1) is 16.3. The van der Waals surface area contributed by atoms with Crippen LogP contribution in [0.5, 0.6) is 0 Å². The Balaban J connectivity index is 2.45. The third-order valence-electron chi connectivity index (χ3n) is 3.52. The van der Waals surface area contributed by atoms with E-state index in [1.165, 1.54) is 45.2 Å². The largest absolute Gasteiger partial charge is 0.370 e. The van der Waals surface area contributed by atoms with Gasteiger partial charge in [-0.15, -0.1) is 0 Å². The summed E-state index contributed by atoms with van der Waals surface area (Å²) in [6.45, 7) is 11.8. The van der Waals surface area contributed by atoms with Gasteiger partial charge in [0.2, 0.25) is 0 Å². The lowest BCUT2D eigenvalue weighted by atomic mass is 10.0. The number of nitrogens with zero attached hydrogens (tertiary/aromatic N) is 2. The number of rotatable bonds is 5. The third kappa shape index (κ3) is 6.81. The zero-order valence-corrected chi connectivity index (χ0v) is 13.2. The van der Waals surface area contributed by atoms with Gasteiger partial charge in [-0.05, 0) is 53.1 Å². The molecule has 0 bridgehead atoms. The van der Waals surface area contributed by atoms with Gasteiger partial charge in [0, 0.05) is 11.6 Å². The molecule has 1 saturated heterocycles. The summed E-state index contributed by atoms with van der Waals surface area (Å²) in [5, 5.41) is 3.23. The maximum atomic E-state index is 5.94. The van der Waals surface area contributed by atoms with Crippen LogP contribution in [0.2, 0.25) is 0 Å². The molecule has 0 spiro atoms. The molecule has 0 radical (unpaired) electrons. The maximum Gasteiger partial charge on any atom is 0.189 e. The number of aliphatic imine (C=N–C) groups is 1. The van der Waals surface area contributed by atoms with Crippen LogP contribution in [0.4, 0.5) is 0 Å². The molecule has 4 heteroatoms. The lowest BCUT2D eigenvalue weighted by Crippen LogP contribution is -2.46. The summed E-state index contributed by atoms with van der Waals surface area (Å²) in [6.07, 6.45) is 6.47. The molecule has 112 valence electrons. The van der Waals surface area contributed by atoms with Crippen LogP contribution < -0.4 is 11.1 Å². The molecule has 1 atom stereocenters. The standard InChI is InChI=1S/C15H32N4/c1-5-6-10-19-11-8-7-9-13(19)12-17-14(16)18-15(2,3)4/h13H,5-12H2,1-4H3,(H3,16,17,18). The van der Waals surface area contributed by atoms with Gasteiger partial charge in [0.15, 0.2) is 5.96 Å². The zero-order chi connectivity index (χ0) is 14.3. The van der Waals surface area contributed by atoms with Gasteiger partial charge in [-0.3, -0.25) is 9.89 Å². The molecule has 1 aliphatic rings. The Morgan fingerprint density at radius 2 is 2.11 bits per heavy atom. The number of nitrogens with two attached hydrogens (primary N) is 1. The Kier molecular flexibility index (Phi) is 6.63. The van der Waals surface area contributed by atoms with E-state index in [1.54, 1.807) is 0 Å². The van der Waals surface area contributed by atoms with Crippen LogP contribution in [-0.4, -0.2) is 42.1 Å². The molecule has 3 N–H and O–H groups in total. The van der Waals surface area contributed by atoms with Gasteiger partial charge in [-0.2, -0.15) is 0 Å². The first-order valence-electron chi connectivity index (χ1n) is 7.74. The van der Waals surface area contributed by atoms with E-state index in [-0.39, 0.29) is 5.54 Å². The highest BCUT2D eigenvalue weighted by molar-refractivity contribution is 5.78. The van der Waals surface area contributed by atoms with Gasteiger partial charge in [0.25, 0.3) is 0 Å². The van der Waals surface area contributed by atoms with Crippen LogP contribution in [0.25, 0.3) is 0 Å². The fourth-order valence-electron chi connectivity index (χ4n) is 2.55. The van der Waals surface area contributed by atoms with Gasteiger partial charge in [-0.25, -0.2) is 0 Å². The van der Waals surface area contributed by atoms with Crippen LogP contribution in [0.3, 0.4) is 0 Å². The number of likely N-dealkylation sites (tertiary alicyclic amines) is 1. The Morgan fingerprint density at radius 3 is 2.74 bits per heavy atom. The molecule has 0 aromatic carbocycles. The molecule has 4 nitrogen and oxygen atoms in total. The average molecular weight is 268 g/mol. The first-order chi connectivity index (χ1) is 8.92. The minimum Gasteiger partial charge on any atom is -0.370 e. The summed E-state index contributed by atoms with van der Waals surface area (Å²) in [7, 11) is 0. The molecule has 1 fully saturated rings. The van der Waals surface area contributed by atoms with Crippen molar-refractivity contribution in [3.8, 4) is 0 Å². The molecule has 0 aliphatic carbocycles. The van der Waals surface area contributed by atoms with Crippen LogP contribution in [0.1, 0.15) is 59.8 Å². The monoisotopic (exact) mass is 268 g/mol. The number of hydrogen-bond acceptors (Lipinski definition) is 2. The summed E-state index contributed by atoms with van der Waals surface area (Å²) < 4.78 is 0. The Morgan fingerprint density at radius 1 is 1.37 bits per heavy atom. The zero-order valence-electron chi connectivity index (χ0n) is 13.2. The molecule has 1 rings (SSSR count). The molecule has 19 heavy (non-hydrogen) atoms. The molecule has 0 aromatic rings. The molecule has 1 aliphatic heterocycles. The van der Waals surface area contributed by atoms with Crippen molar-refractivity contribution in [3.05, 3.63) is 0 Å². The van der Waals surface area contributed by atoms with E-state index < -0.39 is 0 Å². The highest BCUT2D eigenvalue weighted by Gasteiger charge is 2.21. The van der Waals surface area contributed by atoms with Crippen LogP contribution in [0, 0.1) is 0 Å². The second-order valence-corrected chi connectivity index (χ2v) is 6.64. The van der Waals surface area contributed by atoms with Crippen molar-refractivity contribution < 1.29 is 0 Å². The number of unbranched alkanes of at least 4 members (excludes halogenated alkanes) is 1. The van der Waals surface area contributed by atoms with Crippen molar-refractivity contribution in [2.45, 2.75) is 71.4 Å². The van der Waals surface area contributed by atoms with Gasteiger partial charge in [0.1, 0.15) is 0 Å². The summed E-state index contributed by atoms with van der Waals surface area (Å²) in [4.78, 5) is 7.13. The smallest absolute Gasteiger partial charge is 0.189 e. The number of hydrogen-bond donors (Lipinski definition) is 2. The predicted octanol–water partition coefficient (Wildman–Crippen LogP) is 2.34. The highest BCUT2D eigenvalue weighted by Crippen LogP contribution is 2.17. The van der Waals surface area contributed by atoms with Crippen molar-refractivity contribution in [1.29, 1.82) is 0 Å². The van der Waals surface area contributed by atoms with Crippen LogP contribution in [-0.2, 0) is 0 Å². The van der Waals surface area contributed by atoms with Gasteiger partial charge >= 0.3 is 0 Å². The van der Waals surface area contributed by atoms with Gasteiger partial charge in [-0.1, -0.05) is 19.8 Å². The Bertz CT molecular complexity index is 280. The van der Waals surface area contributed by atoms with Crippen molar-refractivity contribution >= 4 is 5.96 Å². The van der Waals surface area contributed by atoms with Gasteiger partial charge < -0.3 is 11.1 Å². The molecule has 0 saturated carbocycles. The number of piperidine rings is 1. The van der Waals surface area contributed by atoms with E-state index in [0.717, 1.165) is 6.54 Å². The fraction of sp³-hybridized carbons (Fsp3) is 0.933. The summed E-state index contributed by atoms with van der Waals surface area (Å²) in [5.41, 5.74) is 5.93. The Hall–Kier alpha value is -0.770. The van der Waals surface area contributed by atoms with E-state index in [4.69, 9.17) is 5.73 Å². The quantitative estimate of drug-likeness (QED) is 0.594. The van der Waals surface area contributed by atoms with Crippen molar-refractivity contribution in [2.24, 2.45) is 10.7 Å². The summed E-state index contributed by atoms with van der Waals surface area (Å²) in [5.74, 6) is 0.577. The normalized spacial score (nSPS) is 22.5. The number of guanidine groups is 1. The van der Waals surface area contributed by atoms with E-state index in [9.17, 15) is 0 Å². The molecule has 0 amide bonds. The molecule has 1 heterocycles. The predicted molar refractivity (Wildman–Crippen MR) is 83.5 cm³/mol. The van der Waals surface area contributed by atoms with Crippen molar-refractivity contribution in [2.75, 3.05) is 19.6 Å². The average Bonchev–Trinajstić information content (AvgIpc) is 2.32. The van der Waals surface area contributed by atoms with Crippen molar-refractivity contribution in [1.82, 2.24) is 10.2 Å². The maximum absolute atomic E-state index is 5.94. The topological polar surface area (TPSA) is 53.6 Å². The van der Waals surface area contributed by atoms with Gasteiger partial charge in [0.05, 0.1) is 6.54 Å². The van der Waals surface area contributed by atoms with E-state index in [2.05, 4.69) is 42.9 Å². The van der Waals surface area contributed by atoms with Crippen LogP contribution >= 0.6 is 0 Å². The Labute approximate surface area is 118 Å². The van der Waals surface area contributed by atoms with Crippen molar-refractivity contribution in [3.63, 3.8) is 0 Å². The second-order valence-electron chi connectivity index (χ2n) is 6.64. The molecule has 1 unspecified atom stereocenters. The third-order valence-corrected chi connectivity index (χ3v) is 3.52. The molecular weight excluding hydrogens is 236 g/mol. The highest BCUT2D eigenvalue weighted by atomic mass is 15.2. The van der Waals surface area contributed by atoms with Crippen LogP contribution in [0.15, 0.2) is 4.99 Å². The molecule has 0 aromatic heterocycles. The number of nitrogens with one attached hydrogen (secondary N) is 1. The molecular formula is C15H32N4. The summed E-state index contributed by atoms with van der Waals surface area (Å²) >= 11 is 0. The minimum absolute atomic E-state index is 0.0119. The van der Waals surface area contributed by atoms with E-state index >= 15 is 0 Å². The van der Waals surface area contributed by atoms with E-state index in [0.29, 0.717) is 12.0 Å². The second kappa shape index (κ2) is 7.73. The summed E-state index contributed by atoms with van der Waals surface area (Å²) in [6, 6.07) is 0.584. The SMILES string of the molecule is CCCCN1CCCCC1CN=C(N)NC(C)(C)C. The van der Waals surface area contributed by atoms with E-state index in [1.807, 2.05) is 0 Å². The first-order valence-corrected chi connectivity index (χ1v) is 7.74. The minimum atomic E-state index is -0.0119. The lowest BCUT2D eigenvalue weighted by molar-refractivity contribution is 0.151. The fourth-order valence-corrected chi connectivity index (χ4v) is 2.55.